The van der Waals surface area contributed by atoms with Gasteiger partial charge in [0, 0.05) is 0 Å². The molecule has 0 heterocycles. The molecule has 1 aromatic rings. The summed E-state index contributed by atoms with van der Waals surface area (Å²) in [4.78, 5) is 0. The molecule has 26 heavy (non-hydrogen) atoms. The first-order chi connectivity index (χ1) is 12.6. The zero-order chi connectivity index (χ0) is 18.9. The Morgan fingerprint density at radius 3 is 1.31 bits per heavy atom. The van der Waals surface area contributed by atoms with Gasteiger partial charge < -0.3 is 0 Å². The summed E-state index contributed by atoms with van der Waals surface area (Å²) in [6.07, 6.45) is 22.9. The molecule has 0 nitrogen and oxygen atoms in total. The third kappa shape index (κ3) is 15.5. The van der Waals surface area contributed by atoms with Crippen LogP contribution in [0.3, 0.4) is 0 Å². The highest BCUT2D eigenvalue weighted by Crippen LogP contribution is 2.22. The van der Waals surface area contributed by atoms with E-state index in [1.54, 1.807) is 0 Å². The van der Waals surface area contributed by atoms with E-state index in [0.29, 0.717) is 5.41 Å². The summed E-state index contributed by atoms with van der Waals surface area (Å²) in [6, 6.07) is 10.9. The largest absolute Gasteiger partial charge is 0.0622 e. The van der Waals surface area contributed by atoms with Crippen molar-refractivity contribution in [2.75, 3.05) is 0 Å². The summed E-state index contributed by atoms with van der Waals surface area (Å²) in [7, 11) is 0. The number of aryl methyl sites for hydroxylation is 1. The smallest absolute Gasteiger partial charge is 0.0279 e. The zero-order valence-electron chi connectivity index (χ0n) is 18.2. The highest BCUT2D eigenvalue weighted by atomic mass is 14.1. The summed E-state index contributed by atoms with van der Waals surface area (Å²) < 4.78 is 0. The number of unbranched alkanes of at least 4 members (excludes halogenated alkanes) is 13. The van der Waals surface area contributed by atoms with Crippen LogP contribution in [0.15, 0.2) is 30.3 Å². The van der Waals surface area contributed by atoms with Gasteiger partial charge in [-0.2, -0.15) is 0 Å². The van der Waals surface area contributed by atoms with Crippen LogP contribution in [-0.2, 0) is 6.42 Å². The van der Waals surface area contributed by atoms with Gasteiger partial charge in [0.15, 0.2) is 0 Å². The molecule has 0 unspecified atom stereocenters. The van der Waals surface area contributed by atoms with Crippen LogP contribution < -0.4 is 0 Å². The van der Waals surface area contributed by atoms with Gasteiger partial charge in [-0.1, -0.05) is 135 Å². The average molecular weight is 359 g/mol. The van der Waals surface area contributed by atoms with Crippen LogP contribution in [0.5, 0.6) is 0 Å². The van der Waals surface area contributed by atoms with E-state index in [4.69, 9.17) is 0 Å². The van der Waals surface area contributed by atoms with Crippen LogP contribution >= 0.6 is 0 Å². The van der Waals surface area contributed by atoms with Crippen LogP contribution in [0.4, 0.5) is 0 Å². The summed E-state index contributed by atoms with van der Waals surface area (Å²) in [5, 5.41) is 0. The van der Waals surface area contributed by atoms with Crippen molar-refractivity contribution in [3.63, 3.8) is 0 Å². The van der Waals surface area contributed by atoms with Crippen molar-refractivity contribution in [2.45, 2.75) is 124 Å². The lowest BCUT2D eigenvalue weighted by molar-refractivity contribution is 0.356. The first kappa shape index (κ1) is 23.3. The fourth-order valence-electron chi connectivity index (χ4n) is 3.75. The second-order valence-corrected chi connectivity index (χ2v) is 9.50. The van der Waals surface area contributed by atoms with Crippen molar-refractivity contribution in [2.24, 2.45) is 5.41 Å². The first-order valence-corrected chi connectivity index (χ1v) is 11.6. The molecule has 0 saturated carbocycles. The lowest BCUT2D eigenvalue weighted by Gasteiger charge is -2.17. The molecule has 0 heteroatoms. The maximum Gasteiger partial charge on any atom is -0.0279 e. The Balaban J connectivity index is 1.72. The Labute approximate surface area is 165 Å². The average Bonchev–Trinajstić information content (AvgIpc) is 2.61. The second kappa shape index (κ2) is 15.3. The predicted octanol–water partition coefficient (Wildman–Crippen LogP) is 9.13. The molecule has 1 aromatic carbocycles. The van der Waals surface area contributed by atoms with Gasteiger partial charge >= 0.3 is 0 Å². The van der Waals surface area contributed by atoms with Crippen molar-refractivity contribution >= 4 is 0 Å². The van der Waals surface area contributed by atoms with Crippen LogP contribution in [0.25, 0.3) is 0 Å². The van der Waals surface area contributed by atoms with Gasteiger partial charge in [0.1, 0.15) is 0 Å². The maximum atomic E-state index is 2.36. The van der Waals surface area contributed by atoms with Crippen molar-refractivity contribution in [1.82, 2.24) is 0 Å². The molecule has 0 radical (unpaired) electrons. The minimum absolute atomic E-state index is 0.530. The van der Waals surface area contributed by atoms with Crippen molar-refractivity contribution in [3.8, 4) is 0 Å². The lowest BCUT2D eigenvalue weighted by atomic mass is 9.89. The van der Waals surface area contributed by atoms with Gasteiger partial charge in [-0.15, -0.1) is 0 Å². The number of rotatable bonds is 16. The molecular formula is C26H46. The van der Waals surface area contributed by atoms with E-state index in [2.05, 4.69) is 51.1 Å². The standard InChI is InChI=1S/C26H46/c1-26(2,3)24-20-15-13-11-9-7-5-4-6-8-10-12-14-17-21-25-22-18-16-19-23-25/h16,18-19,22-23H,4-15,17,20-21,24H2,1-3H3. The molecule has 0 fully saturated rings. The highest BCUT2D eigenvalue weighted by molar-refractivity contribution is 5.14. The summed E-state index contributed by atoms with van der Waals surface area (Å²) in [5.41, 5.74) is 2.03. The molecular weight excluding hydrogens is 312 g/mol. The fraction of sp³-hybridized carbons (Fsp3) is 0.769. The Morgan fingerprint density at radius 1 is 0.500 bits per heavy atom. The highest BCUT2D eigenvalue weighted by Gasteiger charge is 2.08. The van der Waals surface area contributed by atoms with Crippen LogP contribution in [-0.4, -0.2) is 0 Å². The third-order valence-electron chi connectivity index (χ3n) is 5.49. The minimum Gasteiger partial charge on any atom is -0.0622 e. The van der Waals surface area contributed by atoms with Gasteiger partial charge in [-0.3, -0.25) is 0 Å². The molecule has 0 spiro atoms. The molecule has 1 rings (SSSR count). The second-order valence-electron chi connectivity index (χ2n) is 9.50. The predicted molar refractivity (Wildman–Crippen MR) is 119 cm³/mol. The minimum atomic E-state index is 0.530. The molecule has 0 amide bonds. The van der Waals surface area contributed by atoms with Gasteiger partial charge in [0.25, 0.3) is 0 Å². The molecule has 0 atom stereocenters. The SMILES string of the molecule is CC(C)(C)CCCCCCCCCCCCCCCCc1ccccc1. The Hall–Kier alpha value is -0.780. The van der Waals surface area contributed by atoms with Gasteiger partial charge in [0.05, 0.1) is 0 Å². The monoisotopic (exact) mass is 358 g/mol. The molecule has 0 N–H and O–H groups in total. The van der Waals surface area contributed by atoms with Crippen molar-refractivity contribution in [1.29, 1.82) is 0 Å². The summed E-state index contributed by atoms with van der Waals surface area (Å²) >= 11 is 0. The molecule has 0 aliphatic carbocycles. The Kier molecular flexibility index (Phi) is 13.7. The van der Waals surface area contributed by atoms with Gasteiger partial charge in [-0.05, 0) is 30.2 Å². The third-order valence-corrected chi connectivity index (χ3v) is 5.49. The van der Waals surface area contributed by atoms with Gasteiger partial charge in [0.2, 0.25) is 0 Å². The number of hydrogen-bond acceptors (Lipinski definition) is 0. The topological polar surface area (TPSA) is 0 Å². The number of benzene rings is 1. The van der Waals surface area contributed by atoms with E-state index in [1.807, 2.05) is 0 Å². The molecule has 0 saturated heterocycles. The lowest BCUT2D eigenvalue weighted by Crippen LogP contribution is -2.03. The van der Waals surface area contributed by atoms with E-state index in [9.17, 15) is 0 Å². The van der Waals surface area contributed by atoms with E-state index >= 15 is 0 Å². The van der Waals surface area contributed by atoms with Crippen LogP contribution in [0.2, 0.25) is 0 Å². The quantitative estimate of drug-likeness (QED) is 0.258. The molecule has 150 valence electrons. The van der Waals surface area contributed by atoms with Crippen molar-refractivity contribution in [3.05, 3.63) is 35.9 Å². The van der Waals surface area contributed by atoms with Crippen LogP contribution in [0.1, 0.15) is 123 Å². The normalized spacial score (nSPS) is 11.8. The molecule has 0 aromatic heterocycles. The summed E-state index contributed by atoms with van der Waals surface area (Å²) in [6.45, 7) is 7.08. The van der Waals surface area contributed by atoms with Crippen LogP contribution in [0, 0.1) is 5.41 Å². The van der Waals surface area contributed by atoms with E-state index in [-0.39, 0.29) is 0 Å². The van der Waals surface area contributed by atoms with Gasteiger partial charge in [-0.25, -0.2) is 0 Å². The first-order valence-electron chi connectivity index (χ1n) is 11.6. The molecule has 0 aliphatic heterocycles. The molecule has 0 bridgehead atoms. The Morgan fingerprint density at radius 2 is 0.885 bits per heavy atom. The van der Waals surface area contributed by atoms with E-state index in [1.165, 1.54) is 108 Å². The zero-order valence-corrected chi connectivity index (χ0v) is 18.2. The maximum absolute atomic E-state index is 2.36. The Bertz CT molecular complexity index is 398. The molecule has 0 aliphatic rings. The fourth-order valence-corrected chi connectivity index (χ4v) is 3.75. The summed E-state index contributed by atoms with van der Waals surface area (Å²) in [5.74, 6) is 0. The van der Waals surface area contributed by atoms with E-state index < -0.39 is 0 Å². The van der Waals surface area contributed by atoms with Crippen molar-refractivity contribution < 1.29 is 0 Å². The number of hydrogen-bond donors (Lipinski definition) is 0. The van der Waals surface area contributed by atoms with E-state index in [0.717, 1.165) is 0 Å².